The second-order valence-corrected chi connectivity index (χ2v) is 27.2. The van der Waals surface area contributed by atoms with E-state index in [2.05, 4.69) is 5.32 Å². The lowest BCUT2D eigenvalue weighted by atomic mass is 9.94. The van der Waals surface area contributed by atoms with Crippen LogP contribution in [0.1, 0.15) is 55.4 Å². The third-order valence-electron chi connectivity index (χ3n) is 19.0. The van der Waals surface area contributed by atoms with Crippen molar-refractivity contribution in [2.75, 3.05) is 46.2 Å². The predicted molar refractivity (Wildman–Crippen MR) is 343 cm³/mol. The van der Waals surface area contributed by atoms with Crippen LogP contribution in [0, 0.1) is 0 Å². The number of rotatable bonds is 30. The van der Waals surface area contributed by atoms with E-state index < -0.39 is 345 Å². The van der Waals surface area contributed by atoms with Gasteiger partial charge in [-0.2, -0.15) is 0 Å². The number of carboxylic acid groups (broad SMARTS) is 1. The van der Waals surface area contributed by atoms with Crippen molar-refractivity contribution in [2.24, 2.45) is 0 Å². The molecule has 0 spiro atoms. The van der Waals surface area contributed by atoms with E-state index in [1.807, 2.05) is 0 Å². The molecule has 50 heteroatoms. The maximum absolute atomic E-state index is 13.3. The summed E-state index contributed by atoms with van der Waals surface area (Å²) in [5.74, 6) is -11.0. The maximum Gasteiger partial charge on any atom is 0.335 e. The summed E-state index contributed by atoms with van der Waals surface area (Å²) in [7, 11) is 0. The number of carbonyl (C=O) groups excluding carboxylic acids is 8. The molecular formula is C64H97NO49. The molecule has 0 aliphatic carbocycles. The van der Waals surface area contributed by atoms with Crippen LogP contribution in [-0.2, 0) is 147 Å². The molecule has 8 fully saturated rings. The highest BCUT2D eigenvalue weighted by molar-refractivity contribution is 5.74. The molecule has 0 aromatic carbocycles. The molecule has 652 valence electrons. The van der Waals surface area contributed by atoms with Crippen molar-refractivity contribution in [3.05, 3.63) is 0 Å². The number of aliphatic hydroxyl groups excluding tert-OH is 17. The second-order valence-electron chi connectivity index (χ2n) is 27.2. The Bertz CT molecular complexity index is 3210. The van der Waals surface area contributed by atoms with Crippen molar-refractivity contribution in [2.45, 2.75) is 301 Å². The van der Waals surface area contributed by atoms with Crippen molar-refractivity contribution < 1.29 is 239 Å². The number of hydrogen-bond acceptors (Lipinski definition) is 48. The fourth-order valence-corrected chi connectivity index (χ4v) is 14.1. The zero-order valence-electron chi connectivity index (χ0n) is 61.7. The Morgan fingerprint density at radius 3 is 0.781 bits per heavy atom. The van der Waals surface area contributed by atoms with E-state index >= 15 is 0 Å². The van der Waals surface area contributed by atoms with Crippen LogP contribution in [0.2, 0.25) is 0 Å². The lowest BCUT2D eigenvalue weighted by Gasteiger charge is -2.51. The quantitative estimate of drug-likeness (QED) is 0.0235. The number of carboxylic acids is 1. The van der Waals surface area contributed by atoms with Gasteiger partial charge in [-0.05, 0) is 0 Å². The van der Waals surface area contributed by atoms with Crippen molar-refractivity contribution in [1.82, 2.24) is 5.32 Å². The molecule has 0 bridgehead atoms. The van der Waals surface area contributed by atoms with Gasteiger partial charge in [0, 0.05) is 55.4 Å². The molecule has 8 rings (SSSR count). The van der Waals surface area contributed by atoms with Gasteiger partial charge in [0.2, 0.25) is 5.91 Å². The number of carbonyl (C=O) groups is 9. The molecule has 0 saturated carbocycles. The van der Waals surface area contributed by atoms with Gasteiger partial charge in [-0.1, -0.05) is 0 Å². The highest BCUT2D eigenvalue weighted by atomic mass is 16.8. The topological polar surface area (TPSA) is 733 Å². The molecule has 3 unspecified atom stereocenters. The Morgan fingerprint density at radius 2 is 0.482 bits per heavy atom. The molecule has 0 aromatic rings. The molecule has 114 heavy (non-hydrogen) atoms. The Morgan fingerprint density at radius 1 is 0.254 bits per heavy atom. The van der Waals surface area contributed by atoms with Crippen LogP contribution in [0.15, 0.2) is 0 Å². The molecule has 8 aliphatic heterocycles. The molecule has 40 atom stereocenters. The molecule has 0 radical (unpaired) electrons. The van der Waals surface area contributed by atoms with Crippen LogP contribution in [0.25, 0.3) is 0 Å². The van der Waals surface area contributed by atoms with Gasteiger partial charge >= 0.3 is 47.8 Å². The fourth-order valence-electron chi connectivity index (χ4n) is 14.1. The Labute approximate surface area is 643 Å². The fraction of sp³-hybridized carbons (Fsp3) is 0.859. The number of esters is 7. The van der Waals surface area contributed by atoms with Gasteiger partial charge in [-0.3, -0.25) is 38.4 Å². The monoisotopic (exact) mass is 1660 g/mol. The molecular weight excluding hydrogens is 1570 g/mol. The molecule has 8 aliphatic rings. The van der Waals surface area contributed by atoms with Gasteiger partial charge in [0.15, 0.2) is 99.2 Å². The van der Waals surface area contributed by atoms with Crippen LogP contribution in [-0.4, -0.2) is 437 Å². The number of nitrogens with one attached hydrogen (secondary N) is 1. The van der Waals surface area contributed by atoms with Crippen LogP contribution < -0.4 is 5.32 Å². The maximum atomic E-state index is 13.3. The molecule has 50 nitrogen and oxygen atoms in total. The number of amides is 1. The summed E-state index contributed by atoms with van der Waals surface area (Å²) in [6, 6.07) is -1.97. The summed E-state index contributed by atoms with van der Waals surface area (Å²) in [6.45, 7) is -1.01. The first kappa shape index (κ1) is 93.4. The average molecular weight is 1660 g/mol. The minimum atomic E-state index is -2.56. The lowest BCUT2D eigenvalue weighted by molar-refractivity contribution is -0.393. The van der Waals surface area contributed by atoms with Gasteiger partial charge in [0.25, 0.3) is 0 Å². The van der Waals surface area contributed by atoms with Crippen molar-refractivity contribution in [1.29, 1.82) is 0 Å². The second kappa shape index (κ2) is 41.1. The SMILES string of the molecule is CC(=O)N[C@H]1[C@@H](O[C@@H]2[C@@H](OC(C)=O)[C@@H](O)C(O[C@H]3[C@H](OC(C)=O)[C@H](O)[C@@H](O[C@@H]4[C@@H](OC(C)=O)[C@@H](O)[C@H](O)O[C@H]4CO)O[C@@H]3CO)O[C@H]2CO)O[C@H](CO)[C@@H](OC2O[C@@H](CO)[C@H](OC3O[C@H](C(=O)O)[C@@H](O[C@@H]4O[C@@H](CO)[C@H](O[C@H]5O[C@H](CO)[C@@H](O)[C@H](OC(C)=O)[C@@H]5O)[C@H](OC(C)=O)[C@H]4O)[C@H](OC(C)=O)[C@@H]3O)[C@@H](OC(C)=O)[C@H]2O)[C@@H]1O. The minimum Gasteiger partial charge on any atom is -0.479 e. The van der Waals surface area contributed by atoms with Crippen LogP contribution in [0.5, 0.6) is 0 Å². The third-order valence-corrected chi connectivity index (χ3v) is 19.0. The third kappa shape index (κ3) is 21.7. The van der Waals surface area contributed by atoms with Gasteiger partial charge in [0.1, 0.15) is 146 Å². The molecule has 8 saturated heterocycles. The van der Waals surface area contributed by atoms with Gasteiger partial charge in [-0.15, -0.1) is 0 Å². The van der Waals surface area contributed by atoms with Crippen LogP contribution >= 0.6 is 0 Å². The Hall–Kier alpha value is -6.05. The van der Waals surface area contributed by atoms with Crippen molar-refractivity contribution in [3.8, 4) is 0 Å². The van der Waals surface area contributed by atoms with Crippen LogP contribution in [0.4, 0.5) is 0 Å². The van der Waals surface area contributed by atoms with Crippen LogP contribution in [0.3, 0.4) is 0 Å². The number of ether oxygens (including phenoxy) is 22. The highest BCUT2D eigenvalue weighted by Crippen LogP contribution is 2.41. The van der Waals surface area contributed by atoms with E-state index in [-0.39, 0.29) is 0 Å². The van der Waals surface area contributed by atoms with Crippen molar-refractivity contribution >= 4 is 53.7 Å². The minimum absolute atomic E-state index is 0.770. The number of aliphatic carboxylic acids is 1. The zero-order valence-corrected chi connectivity index (χ0v) is 61.7. The van der Waals surface area contributed by atoms with E-state index in [0.717, 1.165) is 55.4 Å². The molecule has 0 aromatic heterocycles. The van der Waals surface area contributed by atoms with Gasteiger partial charge in [0.05, 0.1) is 46.2 Å². The van der Waals surface area contributed by atoms with Crippen molar-refractivity contribution in [3.63, 3.8) is 0 Å². The Balaban J connectivity index is 1.000. The summed E-state index contributed by atoms with van der Waals surface area (Å²) >= 11 is 0. The number of hydrogen-bond donors (Lipinski definition) is 19. The summed E-state index contributed by atoms with van der Waals surface area (Å²) in [5, 5.41) is 202. The molecule has 19 N–H and O–H groups in total. The summed E-state index contributed by atoms with van der Waals surface area (Å²) in [4.78, 5) is 114. The number of aliphatic hydroxyl groups is 17. The van der Waals surface area contributed by atoms with E-state index in [0.29, 0.717) is 0 Å². The standard InChI is InChI=1S/C64H97NO49/c1-16(73)65-31-33(82)41(25(10-67)102-58(31)108-43-27(12-69)104-62(37(86)49(43)95-19(4)76)111-45-28(13-70)105-61(38(87)51(45)97-21(6)78)109-42-26(11-68)100-57(92)34(83)48(42)94-18(3)75)107-60-36(85)50(96-20(5)77)46(30(15-72)103-60)112-64-40(89)53(99-23(8)80)54(55(114-64)56(90)91)113-63-39(88)52(98-22(7)79)44(29(14-71)106-63)110-59-35(84)47(93-17(2)74)32(81)24(9-66)101-59/h24-55,57-64,66-72,81-89,92H,9-15H2,1-8H3,(H,65,73)(H,90,91)/t24-,25-,26+,27+,28-,29+,30+,31-,32-,33-,34-,35+,36-,37-,38+,39-,40+,41-,42+,43+,44+,45-,46+,47+,48+,49+,50+,51-,52-,53-,54+,55+,57-,58-,59-,60?,61-,62?,63+,64?/m1/s1. The predicted octanol–water partition coefficient (Wildman–Crippen LogP) is -14.2. The molecule has 8 heterocycles. The summed E-state index contributed by atoms with van der Waals surface area (Å²) in [5.41, 5.74) is 0. The van der Waals surface area contributed by atoms with E-state index in [1.165, 1.54) is 0 Å². The van der Waals surface area contributed by atoms with Gasteiger partial charge < -0.3 is 201 Å². The first-order valence-corrected chi connectivity index (χ1v) is 35.4. The Kier molecular flexibility index (Phi) is 33.7. The molecule has 1 amide bonds. The summed E-state index contributed by atoms with van der Waals surface area (Å²) < 4.78 is 125. The average Bonchev–Trinajstić information content (AvgIpc) is 0.764. The first-order chi connectivity index (χ1) is 53.8. The highest BCUT2D eigenvalue weighted by Gasteiger charge is 2.63. The first-order valence-electron chi connectivity index (χ1n) is 35.4. The largest absolute Gasteiger partial charge is 0.479 e. The van der Waals surface area contributed by atoms with E-state index in [1.54, 1.807) is 0 Å². The summed E-state index contributed by atoms with van der Waals surface area (Å²) in [6.07, 6.45) is -81.9. The zero-order chi connectivity index (χ0) is 84.5. The van der Waals surface area contributed by atoms with E-state index in [4.69, 9.17) is 104 Å². The van der Waals surface area contributed by atoms with Gasteiger partial charge in [-0.25, -0.2) is 4.79 Å². The normalized spacial score (nSPS) is 43.9. The van der Waals surface area contributed by atoms with E-state index in [9.17, 15) is 135 Å². The lowest BCUT2D eigenvalue weighted by Crippen LogP contribution is -2.70. The smallest absolute Gasteiger partial charge is 0.335 e.